The van der Waals surface area contributed by atoms with Crippen molar-refractivity contribution in [2.75, 3.05) is 18.4 Å². The van der Waals surface area contributed by atoms with Gasteiger partial charge in [-0.05, 0) is 42.9 Å². The molecule has 0 spiro atoms. The Kier molecular flexibility index (Phi) is 5.57. The quantitative estimate of drug-likeness (QED) is 0.697. The standard InChI is InChI=1S/C18H21F2N3O4/c19-16(20)13-9-11(21-14-3-4-15(24)22-17(14)25)1-2-12(13)10-5-7-23(8-6-10)18(26)27/h1-2,9-10,14,16,21H,3-8H2,(H,26,27)(H,22,24,25). The van der Waals surface area contributed by atoms with Gasteiger partial charge in [-0.15, -0.1) is 0 Å². The second-order valence-electron chi connectivity index (χ2n) is 6.84. The lowest BCUT2D eigenvalue weighted by atomic mass is 9.86. The molecular weight excluding hydrogens is 360 g/mol. The molecule has 1 aromatic carbocycles. The molecule has 3 rings (SSSR count). The monoisotopic (exact) mass is 381 g/mol. The third-order valence-corrected chi connectivity index (χ3v) is 5.11. The second-order valence-corrected chi connectivity index (χ2v) is 6.84. The minimum Gasteiger partial charge on any atom is -0.465 e. The van der Waals surface area contributed by atoms with Crippen LogP contribution in [0.25, 0.3) is 0 Å². The number of carboxylic acid groups (broad SMARTS) is 1. The van der Waals surface area contributed by atoms with E-state index in [4.69, 9.17) is 5.11 Å². The number of carbonyl (C=O) groups is 3. The Balaban J connectivity index is 1.74. The summed E-state index contributed by atoms with van der Waals surface area (Å²) >= 11 is 0. The maximum absolute atomic E-state index is 13.6. The summed E-state index contributed by atoms with van der Waals surface area (Å²) in [4.78, 5) is 35.3. The molecule has 0 saturated carbocycles. The van der Waals surface area contributed by atoms with Crippen molar-refractivity contribution in [2.45, 2.75) is 44.1 Å². The number of hydrogen-bond donors (Lipinski definition) is 3. The van der Waals surface area contributed by atoms with Crippen LogP contribution in [-0.4, -0.2) is 47.0 Å². The van der Waals surface area contributed by atoms with Crippen LogP contribution < -0.4 is 10.6 Å². The molecule has 146 valence electrons. The predicted octanol–water partition coefficient (Wildman–Crippen LogP) is 2.70. The Morgan fingerprint density at radius 3 is 2.52 bits per heavy atom. The van der Waals surface area contributed by atoms with E-state index in [-0.39, 0.29) is 23.8 Å². The van der Waals surface area contributed by atoms with E-state index >= 15 is 0 Å². The number of piperidine rings is 2. The maximum atomic E-state index is 13.6. The van der Waals surface area contributed by atoms with Crippen molar-refractivity contribution in [3.05, 3.63) is 29.3 Å². The Morgan fingerprint density at radius 2 is 1.93 bits per heavy atom. The summed E-state index contributed by atoms with van der Waals surface area (Å²) in [5, 5.41) is 14.1. The van der Waals surface area contributed by atoms with Crippen LogP contribution in [0.2, 0.25) is 0 Å². The second kappa shape index (κ2) is 7.89. The topological polar surface area (TPSA) is 98.7 Å². The molecule has 3 amide bonds. The molecule has 7 nitrogen and oxygen atoms in total. The largest absolute Gasteiger partial charge is 0.465 e. The Hall–Kier alpha value is -2.71. The number of amides is 3. The van der Waals surface area contributed by atoms with Gasteiger partial charge in [-0.2, -0.15) is 0 Å². The third kappa shape index (κ3) is 4.35. The molecule has 0 aliphatic carbocycles. The highest BCUT2D eigenvalue weighted by atomic mass is 19.3. The first-order valence-electron chi connectivity index (χ1n) is 8.85. The fraction of sp³-hybridized carbons (Fsp3) is 0.500. The number of nitrogens with one attached hydrogen (secondary N) is 2. The molecule has 2 fully saturated rings. The Bertz CT molecular complexity index is 748. The molecule has 2 saturated heterocycles. The minimum atomic E-state index is -2.68. The summed E-state index contributed by atoms with van der Waals surface area (Å²) in [7, 11) is 0. The van der Waals surface area contributed by atoms with E-state index in [1.807, 2.05) is 0 Å². The van der Waals surface area contributed by atoms with Crippen LogP contribution in [0.3, 0.4) is 0 Å². The van der Waals surface area contributed by atoms with Crippen molar-refractivity contribution in [3.8, 4) is 0 Å². The molecule has 0 aromatic heterocycles. The van der Waals surface area contributed by atoms with Gasteiger partial charge in [-0.3, -0.25) is 14.9 Å². The number of rotatable bonds is 4. The van der Waals surface area contributed by atoms with Gasteiger partial charge in [0.1, 0.15) is 6.04 Å². The molecule has 0 radical (unpaired) electrons. The fourth-order valence-electron chi connectivity index (χ4n) is 3.64. The van der Waals surface area contributed by atoms with Crippen LogP contribution in [0.1, 0.15) is 49.2 Å². The maximum Gasteiger partial charge on any atom is 0.407 e. The zero-order chi connectivity index (χ0) is 19.6. The number of nitrogens with zero attached hydrogens (tertiary/aromatic N) is 1. The van der Waals surface area contributed by atoms with Crippen molar-refractivity contribution >= 4 is 23.6 Å². The average molecular weight is 381 g/mol. The molecular formula is C18H21F2N3O4. The molecule has 1 aromatic rings. The molecule has 1 atom stereocenters. The van der Waals surface area contributed by atoms with E-state index < -0.39 is 24.5 Å². The van der Waals surface area contributed by atoms with Crippen LogP contribution in [0.5, 0.6) is 0 Å². The Labute approximate surface area is 154 Å². The molecule has 3 N–H and O–H groups in total. The van der Waals surface area contributed by atoms with E-state index in [0.29, 0.717) is 43.6 Å². The zero-order valence-electron chi connectivity index (χ0n) is 14.6. The Morgan fingerprint density at radius 1 is 1.22 bits per heavy atom. The highest BCUT2D eigenvalue weighted by molar-refractivity contribution is 6.01. The molecule has 9 heteroatoms. The number of carbonyl (C=O) groups excluding carboxylic acids is 2. The normalized spacial score (nSPS) is 21.3. The summed E-state index contributed by atoms with van der Waals surface area (Å²) in [6, 6.07) is 3.97. The van der Waals surface area contributed by atoms with Gasteiger partial charge in [0.15, 0.2) is 0 Å². The van der Waals surface area contributed by atoms with Gasteiger partial charge in [-0.25, -0.2) is 13.6 Å². The summed E-state index contributed by atoms with van der Waals surface area (Å²) in [6.07, 6.45) is -2.18. The number of hydrogen-bond acceptors (Lipinski definition) is 4. The first kappa shape index (κ1) is 19.1. The SMILES string of the molecule is O=C1CCC(Nc2ccc(C3CCN(C(=O)O)CC3)c(C(F)F)c2)C(=O)N1. The average Bonchev–Trinajstić information content (AvgIpc) is 2.64. The number of alkyl halides is 2. The molecule has 2 aliphatic rings. The van der Waals surface area contributed by atoms with Crippen molar-refractivity contribution in [3.63, 3.8) is 0 Å². The third-order valence-electron chi connectivity index (χ3n) is 5.11. The van der Waals surface area contributed by atoms with E-state index in [0.717, 1.165) is 0 Å². The summed E-state index contributed by atoms with van der Waals surface area (Å²) in [5.41, 5.74) is 0.802. The number of anilines is 1. The summed E-state index contributed by atoms with van der Waals surface area (Å²) in [6.45, 7) is 0.637. The molecule has 1 unspecified atom stereocenters. The van der Waals surface area contributed by atoms with E-state index in [1.165, 1.54) is 11.0 Å². The van der Waals surface area contributed by atoms with Crippen molar-refractivity contribution in [1.82, 2.24) is 10.2 Å². The van der Waals surface area contributed by atoms with E-state index in [1.54, 1.807) is 12.1 Å². The van der Waals surface area contributed by atoms with E-state index in [9.17, 15) is 23.2 Å². The zero-order valence-corrected chi connectivity index (χ0v) is 14.6. The number of halogens is 2. The van der Waals surface area contributed by atoms with Crippen LogP contribution in [-0.2, 0) is 9.59 Å². The lowest BCUT2D eigenvalue weighted by molar-refractivity contribution is -0.133. The van der Waals surface area contributed by atoms with Gasteiger partial charge in [0.05, 0.1) is 0 Å². The smallest absolute Gasteiger partial charge is 0.407 e. The van der Waals surface area contributed by atoms with Crippen LogP contribution in [0.15, 0.2) is 18.2 Å². The lowest BCUT2D eigenvalue weighted by Crippen LogP contribution is -2.47. The first-order chi connectivity index (χ1) is 12.8. The van der Waals surface area contributed by atoms with E-state index in [2.05, 4.69) is 10.6 Å². The fourth-order valence-corrected chi connectivity index (χ4v) is 3.64. The highest BCUT2D eigenvalue weighted by Gasteiger charge is 2.29. The van der Waals surface area contributed by atoms with Gasteiger partial charge < -0.3 is 15.3 Å². The number of imide groups is 1. The van der Waals surface area contributed by atoms with Crippen LogP contribution in [0, 0.1) is 0 Å². The van der Waals surface area contributed by atoms with Crippen LogP contribution >= 0.6 is 0 Å². The number of benzene rings is 1. The summed E-state index contributed by atoms with van der Waals surface area (Å²) < 4.78 is 27.2. The van der Waals surface area contributed by atoms with Crippen molar-refractivity contribution in [2.24, 2.45) is 0 Å². The lowest BCUT2D eigenvalue weighted by Gasteiger charge is -2.31. The van der Waals surface area contributed by atoms with Gasteiger partial charge in [0.2, 0.25) is 11.8 Å². The van der Waals surface area contributed by atoms with Gasteiger partial charge in [0.25, 0.3) is 6.43 Å². The number of likely N-dealkylation sites (tertiary alicyclic amines) is 1. The summed E-state index contributed by atoms with van der Waals surface area (Å²) in [5.74, 6) is -0.932. The first-order valence-corrected chi connectivity index (χ1v) is 8.85. The van der Waals surface area contributed by atoms with Crippen molar-refractivity contribution in [1.29, 1.82) is 0 Å². The predicted molar refractivity (Wildman–Crippen MR) is 92.8 cm³/mol. The highest BCUT2D eigenvalue weighted by Crippen LogP contribution is 2.36. The minimum absolute atomic E-state index is 0.110. The van der Waals surface area contributed by atoms with Gasteiger partial charge >= 0.3 is 6.09 Å². The molecule has 0 bridgehead atoms. The van der Waals surface area contributed by atoms with Crippen molar-refractivity contribution < 1.29 is 28.3 Å². The molecule has 2 heterocycles. The molecule has 2 aliphatic heterocycles. The van der Waals surface area contributed by atoms with Crippen LogP contribution in [0.4, 0.5) is 19.3 Å². The van der Waals surface area contributed by atoms with Gasteiger partial charge in [0, 0.05) is 30.8 Å². The molecule has 27 heavy (non-hydrogen) atoms. The van der Waals surface area contributed by atoms with Gasteiger partial charge in [-0.1, -0.05) is 6.07 Å².